The molecule has 5 rings (SSSR count). The molecule has 0 atom stereocenters. The van der Waals surface area contributed by atoms with Gasteiger partial charge < -0.3 is 25.0 Å². The highest BCUT2D eigenvalue weighted by Crippen LogP contribution is 2.46. The molecule has 0 amide bonds. The zero-order valence-electron chi connectivity index (χ0n) is 25.4. The summed E-state index contributed by atoms with van der Waals surface area (Å²) in [6, 6.07) is 15.0. The van der Waals surface area contributed by atoms with E-state index in [9.17, 15) is 4.57 Å². The van der Waals surface area contributed by atoms with Crippen molar-refractivity contribution in [1.82, 2.24) is 19.8 Å². The van der Waals surface area contributed by atoms with Crippen LogP contribution in [-0.4, -0.2) is 84.4 Å². The first-order valence-corrected chi connectivity index (χ1v) is 17.8. The zero-order valence-corrected chi connectivity index (χ0v) is 27.1. The molecule has 2 fully saturated rings. The number of rotatable bonds is 9. The molecule has 2 saturated heterocycles. The average molecular weight is 610 g/mol. The number of aromatic nitrogens is 2. The molecule has 0 radical (unpaired) electrons. The topological polar surface area (TPSA) is 76.6 Å². The van der Waals surface area contributed by atoms with Gasteiger partial charge in [-0.15, -0.1) is 0 Å². The fourth-order valence-electron chi connectivity index (χ4n) is 6.17. The minimum Gasteiger partial charge on any atom is -0.371 e. The number of para-hydroxylation sites is 1. The first-order chi connectivity index (χ1) is 20.3. The van der Waals surface area contributed by atoms with Crippen LogP contribution < -0.4 is 20.8 Å². The number of piperidine rings is 1. The van der Waals surface area contributed by atoms with E-state index in [1.807, 2.05) is 38.1 Å². The molecule has 2 N–H and O–H groups in total. The van der Waals surface area contributed by atoms with Gasteiger partial charge in [-0.3, -0.25) is 4.90 Å². The first kappa shape index (κ1) is 30.8. The van der Waals surface area contributed by atoms with Gasteiger partial charge in [0.1, 0.15) is 12.2 Å². The number of halogens is 1. The Hall–Kier alpha value is -2.64. The predicted octanol–water partition coefficient (Wildman–Crippen LogP) is 6.56. The summed E-state index contributed by atoms with van der Waals surface area (Å²) in [7, 11) is -0.263. The van der Waals surface area contributed by atoms with Gasteiger partial charge in [-0.25, -0.2) is 4.98 Å². The lowest BCUT2D eigenvalue weighted by Crippen LogP contribution is -2.46. The van der Waals surface area contributed by atoms with Crippen molar-refractivity contribution in [2.45, 2.75) is 46.1 Å². The highest BCUT2D eigenvalue weighted by molar-refractivity contribution is 7.71. The molecule has 2 aliphatic heterocycles. The second-order valence-corrected chi connectivity index (χ2v) is 15.5. The van der Waals surface area contributed by atoms with Gasteiger partial charge in [0.2, 0.25) is 5.95 Å². The Morgan fingerprint density at radius 1 is 0.952 bits per heavy atom. The van der Waals surface area contributed by atoms with E-state index in [0.29, 0.717) is 35.2 Å². The largest absolute Gasteiger partial charge is 0.371 e. The van der Waals surface area contributed by atoms with Gasteiger partial charge >= 0.3 is 0 Å². The lowest BCUT2D eigenvalue weighted by molar-refractivity contribution is 0.174. The maximum atomic E-state index is 13.5. The molecule has 0 aliphatic carbocycles. The van der Waals surface area contributed by atoms with Gasteiger partial charge in [-0.1, -0.05) is 37.6 Å². The van der Waals surface area contributed by atoms with Gasteiger partial charge in [0.25, 0.3) is 0 Å². The normalized spacial score (nSPS) is 17.7. The van der Waals surface area contributed by atoms with Gasteiger partial charge in [0.05, 0.1) is 11.9 Å². The Labute approximate surface area is 256 Å². The number of nitrogens with one attached hydrogen (secondary N) is 2. The quantitative estimate of drug-likeness (QED) is 0.264. The van der Waals surface area contributed by atoms with Crippen LogP contribution in [0.4, 0.5) is 28.8 Å². The van der Waals surface area contributed by atoms with E-state index in [1.165, 1.54) is 51.1 Å². The summed E-state index contributed by atoms with van der Waals surface area (Å²) in [4.78, 5) is 16.8. The highest BCUT2D eigenvalue weighted by atomic mass is 35.5. The molecule has 8 nitrogen and oxygen atoms in total. The minimum absolute atomic E-state index is 0.404. The number of anilines is 5. The van der Waals surface area contributed by atoms with Crippen LogP contribution in [0.3, 0.4) is 0 Å². The Morgan fingerprint density at radius 2 is 1.71 bits per heavy atom. The van der Waals surface area contributed by atoms with Gasteiger partial charge in [0.15, 0.2) is 5.82 Å². The first-order valence-electron chi connectivity index (χ1n) is 15.3. The molecular weight excluding hydrogens is 565 g/mol. The fraction of sp³-hybridized carbons (Fsp3) is 0.500. The third kappa shape index (κ3) is 7.11. The highest BCUT2D eigenvalue weighted by Gasteiger charge is 2.26. The molecular formula is C32H45ClN7OP. The number of hydrogen-bond acceptors (Lipinski definition) is 8. The molecule has 10 heteroatoms. The van der Waals surface area contributed by atoms with Crippen LogP contribution >= 0.6 is 18.7 Å². The molecule has 0 unspecified atom stereocenters. The van der Waals surface area contributed by atoms with Crippen molar-refractivity contribution < 1.29 is 4.57 Å². The maximum Gasteiger partial charge on any atom is 0.229 e. The van der Waals surface area contributed by atoms with Crippen molar-refractivity contribution in [3.8, 4) is 0 Å². The summed E-state index contributed by atoms with van der Waals surface area (Å²) in [6.07, 6.45) is 6.51. The van der Waals surface area contributed by atoms with Crippen LogP contribution in [0.15, 0.2) is 48.7 Å². The monoisotopic (exact) mass is 609 g/mol. The molecule has 226 valence electrons. The molecule has 3 aromatic rings. The fourth-order valence-corrected chi connectivity index (χ4v) is 8.36. The molecule has 0 bridgehead atoms. The second kappa shape index (κ2) is 13.8. The van der Waals surface area contributed by atoms with E-state index in [2.05, 4.69) is 67.5 Å². The van der Waals surface area contributed by atoms with Crippen LogP contribution in [0.5, 0.6) is 0 Å². The molecule has 0 spiro atoms. The summed E-state index contributed by atoms with van der Waals surface area (Å²) in [5.41, 5.74) is 4.12. The van der Waals surface area contributed by atoms with Crippen LogP contribution in [0.25, 0.3) is 0 Å². The second-order valence-electron chi connectivity index (χ2n) is 11.6. The number of nitrogens with zero attached hydrogens (tertiary/aromatic N) is 5. The Bertz CT molecular complexity index is 1400. The van der Waals surface area contributed by atoms with E-state index < -0.39 is 7.14 Å². The zero-order chi connectivity index (χ0) is 29.7. The molecule has 1 aromatic heterocycles. The predicted molar refractivity (Wildman–Crippen MR) is 178 cm³/mol. The van der Waals surface area contributed by atoms with E-state index in [0.717, 1.165) is 35.3 Å². The van der Waals surface area contributed by atoms with Crippen LogP contribution in [-0.2, 0) is 4.57 Å². The maximum absolute atomic E-state index is 13.5. The summed E-state index contributed by atoms with van der Waals surface area (Å²) in [6.45, 7) is 13.0. The van der Waals surface area contributed by atoms with Gasteiger partial charge in [-0.2, -0.15) is 4.98 Å². The van der Waals surface area contributed by atoms with E-state index in [-0.39, 0.29) is 0 Å². The van der Waals surface area contributed by atoms with Crippen LogP contribution in [0.1, 0.15) is 38.7 Å². The summed E-state index contributed by atoms with van der Waals surface area (Å²) >= 11 is 6.50. The molecule has 3 heterocycles. The van der Waals surface area contributed by atoms with Crippen molar-refractivity contribution in [1.29, 1.82) is 0 Å². The van der Waals surface area contributed by atoms with Crippen LogP contribution in [0.2, 0.25) is 5.02 Å². The lowest BCUT2D eigenvalue weighted by Gasteiger charge is -2.39. The molecule has 42 heavy (non-hydrogen) atoms. The third-order valence-corrected chi connectivity index (χ3v) is 12.5. The number of aryl methyl sites for hydroxylation is 1. The summed E-state index contributed by atoms with van der Waals surface area (Å²) in [5.74, 6) is 0.932. The standard InChI is InChI=1S/C32H45ClN7OP/c1-5-42(41,6-2)30-11-8-7-10-29(30)35-31-27(33)23-34-32(37-31)36-28-13-12-26(22-24(28)3)40-18-14-25(15-19-40)39-17-9-16-38(4)20-21-39/h7-8,10-13,22-23,25H,5-6,9,14-21H2,1-4H3,(H2,34,35,36,37). The molecule has 2 aliphatic rings. The van der Waals surface area contributed by atoms with Gasteiger partial charge in [0, 0.05) is 61.2 Å². The Balaban J connectivity index is 1.25. The Kier molecular flexibility index (Phi) is 10.1. The number of benzene rings is 2. The summed E-state index contributed by atoms with van der Waals surface area (Å²) < 4.78 is 13.5. The minimum atomic E-state index is -2.50. The van der Waals surface area contributed by atoms with Crippen molar-refractivity contribution in [3.05, 3.63) is 59.2 Å². The molecule has 2 aromatic carbocycles. The van der Waals surface area contributed by atoms with Crippen molar-refractivity contribution >= 4 is 52.9 Å². The van der Waals surface area contributed by atoms with Crippen molar-refractivity contribution in [2.24, 2.45) is 0 Å². The Morgan fingerprint density at radius 3 is 2.45 bits per heavy atom. The summed E-state index contributed by atoms with van der Waals surface area (Å²) in [5, 5.41) is 7.94. The van der Waals surface area contributed by atoms with E-state index in [1.54, 1.807) is 6.20 Å². The van der Waals surface area contributed by atoms with Crippen molar-refractivity contribution in [2.75, 3.05) is 74.2 Å². The average Bonchev–Trinajstić information content (AvgIpc) is 3.24. The number of hydrogen-bond donors (Lipinski definition) is 2. The van der Waals surface area contributed by atoms with E-state index >= 15 is 0 Å². The molecule has 0 saturated carbocycles. The SMILES string of the molecule is CCP(=O)(CC)c1ccccc1Nc1nc(Nc2ccc(N3CCC(N4CCCN(C)CC4)CC3)cc2C)ncc1Cl. The number of likely N-dealkylation sites (N-methyl/N-ethyl adjacent to an activating group) is 1. The third-order valence-electron chi connectivity index (χ3n) is 8.92. The van der Waals surface area contributed by atoms with Crippen LogP contribution in [0, 0.1) is 6.92 Å². The van der Waals surface area contributed by atoms with Crippen molar-refractivity contribution in [3.63, 3.8) is 0 Å². The lowest BCUT2D eigenvalue weighted by atomic mass is 10.0. The smallest absolute Gasteiger partial charge is 0.229 e. The van der Waals surface area contributed by atoms with Gasteiger partial charge in [-0.05, 0) is 82.2 Å². The van der Waals surface area contributed by atoms with E-state index in [4.69, 9.17) is 11.6 Å².